The van der Waals surface area contributed by atoms with Gasteiger partial charge in [-0.3, -0.25) is 4.79 Å². The summed E-state index contributed by atoms with van der Waals surface area (Å²) < 4.78 is 12.7. The Morgan fingerprint density at radius 3 is 2.47 bits per heavy atom. The lowest BCUT2D eigenvalue weighted by Gasteiger charge is -2.35. The first-order valence-electron chi connectivity index (χ1n) is 6.41. The van der Waals surface area contributed by atoms with Crippen LogP contribution in [-0.2, 0) is 4.79 Å². The van der Waals surface area contributed by atoms with Crippen molar-refractivity contribution >= 4 is 12.0 Å². The number of carbonyl (C=O) groups is 1. The molecule has 0 unspecified atom stereocenters. The van der Waals surface area contributed by atoms with Crippen molar-refractivity contribution in [3.63, 3.8) is 0 Å². The summed E-state index contributed by atoms with van der Waals surface area (Å²) in [6.45, 7) is 2.93. The SMILES string of the molecule is CC1(O)CCN(C(=O)/C=C/c2ccc(F)cc2)CC1. The van der Waals surface area contributed by atoms with Crippen LogP contribution >= 0.6 is 0 Å². The molecule has 0 aliphatic carbocycles. The molecule has 1 heterocycles. The summed E-state index contributed by atoms with van der Waals surface area (Å²) in [5, 5.41) is 9.82. The number of hydrogen-bond acceptors (Lipinski definition) is 2. The Bertz CT molecular complexity index is 469. The second kappa shape index (κ2) is 5.53. The molecule has 1 fully saturated rings. The van der Waals surface area contributed by atoms with Crippen LogP contribution in [0.25, 0.3) is 6.08 Å². The predicted octanol–water partition coefficient (Wildman–Crippen LogP) is 2.21. The average Bonchev–Trinajstić information content (AvgIpc) is 2.37. The molecule has 1 amide bonds. The zero-order valence-electron chi connectivity index (χ0n) is 11.0. The van der Waals surface area contributed by atoms with Crippen molar-refractivity contribution in [2.75, 3.05) is 13.1 Å². The summed E-state index contributed by atoms with van der Waals surface area (Å²) in [6.07, 6.45) is 4.37. The van der Waals surface area contributed by atoms with Gasteiger partial charge in [0.05, 0.1) is 5.60 Å². The number of piperidine rings is 1. The maximum atomic E-state index is 12.7. The molecular weight excluding hydrogens is 245 g/mol. The number of carbonyl (C=O) groups excluding carboxylic acids is 1. The number of likely N-dealkylation sites (tertiary alicyclic amines) is 1. The van der Waals surface area contributed by atoms with Crippen molar-refractivity contribution in [1.82, 2.24) is 4.90 Å². The highest BCUT2D eigenvalue weighted by atomic mass is 19.1. The fourth-order valence-electron chi connectivity index (χ4n) is 2.06. The highest BCUT2D eigenvalue weighted by molar-refractivity contribution is 5.91. The van der Waals surface area contributed by atoms with E-state index in [2.05, 4.69) is 0 Å². The van der Waals surface area contributed by atoms with Crippen LogP contribution in [0.5, 0.6) is 0 Å². The third kappa shape index (κ3) is 3.89. The van der Waals surface area contributed by atoms with Gasteiger partial charge in [0.15, 0.2) is 0 Å². The van der Waals surface area contributed by atoms with E-state index < -0.39 is 5.60 Å². The van der Waals surface area contributed by atoms with E-state index in [0.717, 1.165) is 5.56 Å². The number of rotatable bonds is 2. The number of benzene rings is 1. The molecule has 4 heteroatoms. The number of aliphatic hydroxyl groups is 1. The van der Waals surface area contributed by atoms with Crippen molar-refractivity contribution < 1.29 is 14.3 Å². The summed E-state index contributed by atoms with van der Waals surface area (Å²) >= 11 is 0. The number of hydrogen-bond donors (Lipinski definition) is 1. The molecule has 0 radical (unpaired) electrons. The molecule has 1 aromatic carbocycles. The van der Waals surface area contributed by atoms with Crippen LogP contribution in [0.4, 0.5) is 4.39 Å². The van der Waals surface area contributed by atoms with Gasteiger partial charge in [-0.05, 0) is 43.5 Å². The fourth-order valence-corrected chi connectivity index (χ4v) is 2.06. The van der Waals surface area contributed by atoms with E-state index in [9.17, 15) is 14.3 Å². The monoisotopic (exact) mass is 263 g/mol. The molecule has 0 bridgehead atoms. The van der Waals surface area contributed by atoms with E-state index in [1.54, 1.807) is 30.0 Å². The van der Waals surface area contributed by atoms with Crippen molar-refractivity contribution in [1.29, 1.82) is 0 Å². The summed E-state index contributed by atoms with van der Waals surface area (Å²) in [7, 11) is 0. The molecule has 0 aromatic heterocycles. The van der Waals surface area contributed by atoms with Crippen molar-refractivity contribution in [3.8, 4) is 0 Å². The minimum absolute atomic E-state index is 0.0696. The lowest BCUT2D eigenvalue weighted by Crippen LogP contribution is -2.44. The number of amides is 1. The minimum Gasteiger partial charge on any atom is -0.390 e. The van der Waals surface area contributed by atoms with Crippen molar-refractivity contribution in [3.05, 3.63) is 41.7 Å². The van der Waals surface area contributed by atoms with Crippen LogP contribution in [0.15, 0.2) is 30.3 Å². The molecular formula is C15H18FNO2. The Labute approximate surface area is 112 Å². The van der Waals surface area contributed by atoms with Gasteiger partial charge in [-0.15, -0.1) is 0 Å². The van der Waals surface area contributed by atoms with Gasteiger partial charge < -0.3 is 10.0 Å². The van der Waals surface area contributed by atoms with Crippen molar-refractivity contribution in [2.24, 2.45) is 0 Å². The second-order valence-corrected chi connectivity index (χ2v) is 5.21. The number of halogens is 1. The Balaban J connectivity index is 1.92. The molecule has 1 saturated heterocycles. The fraction of sp³-hybridized carbons (Fsp3) is 0.400. The minimum atomic E-state index is -0.655. The lowest BCUT2D eigenvalue weighted by molar-refractivity contribution is -0.129. The largest absolute Gasteiger partial charge is 0.390 e. The Morgan fingerprint density at radius 2 is 1.89 bits per heavy atom. The molecule has 1 aliphatic rings. The van der Waals surface area contributed by atoms with Crippen LogP contribution in [0.2, 0.25) is 0 Å². The maximum Gasteiger partial charge on any atom is 0.246 e. The third-order valence-electron chi connectivity index (χ3n) is 3.44. The molecule has 1 N–H and O–H groups in total. The highest BCUT2D eigenvalue weighted by Gasteiger charge is 2.28. The van der Waals surface area contributed by atoms with Gasteiger partial charge in [0.25, 0.3) is 0 Å². The molecule has 3 nitrogen and oxygen atoms in total. The van der Waals surface area contributed by atoms with Gasteiger partial charge in [0, 0.05) is 19.2 Å². The Kier molecular flexibility index (Phi) is 4.00. The average molecular weight is 263 g/mol. The van der Waals surface area contributed by atoms with Gasteiger partial charge in [-0.1, -0.05) is 12.1 Å². The van der Waals surface area contributed by atoms with Gasteiger partial charge in [-0.25, -0.2) is 4.39 Å². The first kappa shape index (κ1) is 13.7. The summed E-state index contributed by atoms with van der Waals surface area (Å²) in [4.78, 5) is 13.7. The highest BCUT2D eigenvalue weighted by Crippen LogP contribution is 2.21. The van der Waals surface area contributed by atoms with Gasteiger partial charge >= 0.3 is 0 Å². The molecule has 0 spiro atoms. The molecule has 0 atom stereocenters. The van der Waals surface area contributed by atoms with Gasteiger partial charge in [0.1, 0.15) is 5.82 Å². The van der Waals surface area contributed by atoms with Crippen LogP contribution in [0.3, 0.4) is 0 Å². The van der Waals surface area contributed by atoms with E-state index in [-0.39, 0.29) is 11.7 Å². The lowest BCUT2D eigenvalue weighted by atomic mass is 9.94. The van der Waals surface area contributed by atoms with Crippen LogP contribution in [0, 0.1) is 5.82 Å². The van der Waals surface area contributed by atoms with Crippen LogP contribution < -0.4 is 0 Å². The second-order valence-electron chi connectivity index (χ2n) is 5.21. The standard InChI is InChI=1S/C15H18FNO2/c1-15(19)8-10-17(11-9-15)14(18)7-4-12-2-5-13(16)6-3-12/h2-7,19H,8-11H2,1H3/b7-4+. The first-order valence-corrected chi connectivity index (χ1v) is 6.41. The molecule has 2 rings (SSSR count). The molecule has 1 aromatic rings. The topological polar surface area (TPSA) is 40.5 Å². The third-order valence-corrected chi connectivity index (χ3v) is 3.44. The van der Waals surface area contributed by atoms with Crippen molar-refractivity contribution in [2.45, 2.75) is 25.4 Å². The van der Waals surface area contributed by atoms with E-state index in [4.69, 9.17) is 0 Å². The summed E-state index contributed by atoms with van der Waals surface area (Å²) in [6, 6.07) is 5.98. The molecule has 0 saturated carbocycles. The zero-order chi connectivity index (χ0) is 13.9. The molecule has 1 aliphatic heterocycles. The van der Waals surface area contributed by atoms with Gasteiger partial charge in [0.2, 0.25) is 5.91 Å². The van der Waals surface area contributed by atoms with E-state index in [1.807, 2.05) is 0 Å². The van der Waals surface area contributed by atoms with Crippen LogP contribution in [-0.4, -0.2) is 34.6 Å². The van der Waals surface area contributed by atoms with Gasteiger partial charge in [-0.2, -0.15) is 0 Å². The van der Waals surface area contributed by atoms with E-state index in [1.165, 1.54) is 18.2 Å². The van der Waals surface area contributed by atoms with E-state index in [0.29, 0.717) is 25.9 Å². The van der Waals surface area contributed by atoms with E-state index >= 15 is 0 Å². The summed E-state index contributed by atoms with van der Waals surface area (Å²) in [5.41, 5.74) is 0.135. The molecule has 102 valence electrons. The predicted molar refractivity (Wildman–Crippen MR) is 71.9 cm³/mol. The smallest absolute Gasteiger partial charge is 0.246 e. The normalized spacial score (nSPS) is 18.8. The van der Waals surface area contributed by atoms with Crippen LogP contribution in [0.1, 0.15) is 25.3 Å². The quantitative estimate of drug-likeness (QED) is 0.831. The maximum absolute atomic E-state index is 12.7. The molecule has 19 heavy (non-hydrogen) atoms. The summed E-state index contributed by atoms with van der Waals surface area (Å²) in [5.74, 6) is -0.360. The Morgan fingerprint density at radius 1 is 1.32 bits per heavy atom. The number of nitrogens with zero attached hydrogens (tertiary/aromatic N) is 1. The zero-order valence-corrected chi connectivity index (χ0v) is 11.0. The first-order chi connectivity index (χ1) is 8.96. The Hall–Kier alpha value is -1.68.